The third-order valence-electron chi connectivity index (χ3n) is 5.66. The van der Waals surface area contributed by atoms with Crippen molar-refractivity contribution >= 4 is 11.9 Å². The van der Waals surface area contributed by atoms with Gasteiger partial charge in [-0.3, -0.25) is 9.59 Å². The number of nitrogens with zero attached hydrogens (tertiary/aromatic N) is 1. The van der Waals surface area contributed by atoms with Crippen molar-refractivity contribution in [3.63, 3.8) is 0 Å². The van der Waals surface area contributed by atoms with Gasteiger partial charge in [-0.15, -0.1) is 0 Å². The monoisotopic (exact) mass is 485 g/mol. The van der Waals surface area contributed by atoms with Gasteiger partial charge in [-0.2, -0.15) is 13.2 Å². The number of amides is 1. The quantitative estimate of drug-likeness (QED) is 0.429. The lowest BCUT2D eigenvalue weighted by Gasteiger charge is -2.24. The molecule has 0 heterocycles. The minimum absolute atomic E-state index is 0.0479. The highest BCUT2D eigenvalue weighted by Gasteiger charge is 2.31. The Bertz CT molecular complexity index is 1190. The third-order valence-corrected chi connectivity index (χ3v) is 5.66. The molecule has 3 aromatic carbocycles. The van der Waals surface area contributed by atoms with E-state index in [1.807, 2.05) is 30.3 Å². The molecular formula is C27H26F3NO4. The largest absolute Gasteiger partial charge is 0.496 e. The zero-order chi connectivity index (χ0) is 25.6. The van der Waals surface area contributed by atoms with Gasteiger partial charge in [0.05, 0.1) is 19.1 Å². The zero-order valence-corrected chi connectivity index (χ0v) is 19.4. The van der Waals surface area contributed by atoms with Crippen molar-refractivity contribution in [1.29, 1.82) is 0 Å². The normalized spacial score (nSPS) is 11.2. The molecule has 8 heteroatoms. The Hall–Kier alpha value is -3.81. The van der Waals surface area contributed by atoms with Crippen LogP contribution >= 0.6 is 0 Å². The molecule has 5 nitrogen and oxygen atoms in total. The number of halogens is 3. The number of hydrogen-bond acceptors (Lipinski definition) is 3. The van der Waals surface area contributed by atoms with Crippen LogP contribution in [0.5, 0.6) is 5.75 Å². The van der Waals surface area contributed by atoms with Crippen molar-refractivity contribution in [1.82, 2.24) is 4.90 Å². The van der Waals surface area contributed by atoms with Crippen LogP contribution in [0.3, 0.4) is 0 Å². The van der Waals surface area contributed by atoms with Crippen molar-refractivity contribution in [2.75, 3.05) is 13.7 Å². The molecule has 0 unspecified atom stereocenters. The van der Waals surface area contributed by atoms with Crippen LogP contribution in [0.4, 0.5) is 13.2 Å². The SMILES string of the molecule is COc1ccc(CC(=O)O)cc1-c1ccc(C(F)(F)F)cc1CN(CCc1ccccc1)C(C)=O. The van der Waals surface area contributed by atoms with Gasteiger partial charge in [-0.05, 0) is 52.9 Å². The highest BCUT2D eigenvalue weighted by Crippen LogP contribution is 2.38. The molecule has 0 aliphatic rings. The minimum atomic E-state index is -4.56. The van der Waals surface area contributed by atoms with Gasteiger partial charge in [-0.1, -0.05) is 42.5 Å². The van der Waals surface area contributed by atoms with Crippen molar-refractivity contribution in [2.45, 2.75) is 32.5 Å². The first-order valence-corrected chi connectivity index (χ1v) is 11.0. The molecule has 184 valence electrons. The summed E-state index contributed by atoms with van der Waals surface area (Å²) in [5.74, 6) is -0.910. The average molecular weight is 486 g/mol. The van der Waals surface area contributed by atoms with E-state index in [-0.39, 0.29) is 24.4 Å². The summed E-state index contributed by atoms with van der Waals surface area (Å²) >= 11 is 0. The number of benzene rings is 3. The predicted molar refractivity (Wildman–Crippen MR) is 126 cm³/mol. The number of carboxylic acids is 1. The number of carbonyl (C=O) groups excluding carboxylic acids is 1. The van der Waals surface area contributed by atoms with E-state index in [1.54, 1.807) is 18.2 Å². The smallest absolute Gasteiger partial charge is 0.416 e. The van der Waals surface area contributed by atoms with E-state index in [0.29, 0.717) is 35.4 Å². The summed E-state index contributed by atoms with van der Waals surface area (Å²) in [5, 5.41) is 9.17. The van der Waals surface area contributed by atoms with E-state index in [2.05, 4.69) is 0 Å². The molecular weight excluding hydrogens is 459 g/mol. The molecule has 0 atom stereocenters. The molecule has 1 N–H and O–H groups in total. The van der Waals surface area contributed by atoms with Gasteiger partial charge in [0.2, 0.25) is 5.91 Å². The van der Waals surface area contributed by atoms with Crippen LogP contribution in [0.2, 0.25) is 0 Å². The number of alkyl halides is 3. The van der Waals surface area contributed by atoms with Crippen molar-refractivity contribution in [2.24, 2.45) is 0 Å². The molecule has 3 rings (SSSR count). The maximum Gasteiger partial charge on any atom is 0.416 e. The zero-order valence-electron chi connectivity index (χ0n) is 19.4. The Kier molecular flexibility index (Phi) is 8.17. The number of carboxylic acid groups (broad SMARTS) is 1. The van der Waals surface area contributed by atoms with E-state index in [1.165, 1.54) is 25.0 Å². The molecule has 0 fully saturated rings. The van der Waals surface area contributed by atoms with E-state index >= 15 is 0 Å². The number of hydrogen-bond donors (Lipinski definition) is 1. The maximum atomic E-state index is 13.5. The molecule has 35 heavy (non-hydrogen) atoms. The second-order valence-corrected chi connectivity index (χ2v) is 8.15. The Morgan fingerprint density at radius 1 is 0.943 bits per heavy atom. The first-order chi connectivity index (χ1) is 16.6. The lowest BCUT2D eigenvalue weighted by molar-refractivity contribution is -0.138. The Morgan fingerprint density at radius 3 is 2.26 bits per heavy atom. The van der Waals surface area contributed by atoms with Gasteiger partial charge >= 0.3 is 12.1 Å². The lowest BCUT2D eigenvalue weighted by atomic mass is 9.94. The predicted octanol–water partition coefficient (Wildman–Crippen LogP) is 5.60. The summed E-state index contributed by atoms with van der Waals surface area (Å²) in [5.41, 5.74) is 1.84. The van der Waals surface area contributed by atoms with E-state index in [0.717, 1.165) is 17.7 Å². The molecule has 0 aromatic heterocycles. The van der Waals surface area contributed by atoms with Crippen LogP contribution in [-0.2, 0) is 35.2 Å². The standard InChI is InChI=1S/C27H26F3NO4/c1-18(32)31(13-12-19-6-4-3-5-7-19)17-21-16-22(27(28,29)30)9-10-23(21)24-14-20(15-26(33)34)8-11-25(24)35-2/h3-11,14,16H,12-13,15,17H2,1-2H3,(H,33,34). The molecule has 0 bridgehead atoms. The van der Waals surface area contributed by atoms with Crippen LogP contribution < -0.4 is 4.74 Å². The van der Waals surface area contributed by atoms with Crippen molar-refractivity contribution in [3.8, 4) is 16.9 Å². The molecule has 3 aromatic rings. The van der Waals surface area contributed by atoms with Crippen LogP contribution in [-0.4, -0.2) is 35.5 Å². The second-order valence-electron chi connectivity index (χ2n) is 8.15. The molecule has 1 amide bonds. The maximum absolute atomic E-state index is 13.5. The Labute approximate surface area is 201 Å². The average Bonchev–Trinajstić information content (AvgIpc) is 2.81. The number of ether oxygens (including phenoxy) is 1. The van der Waals surface area contributed by atoms with E-state index in [9.17, 15) is 22.8 Å². The van der Waals surface area contributed by atoms with Gasteiger partial charge in [0.25, 0.3) is 0 Å². The summed E-state index contributed by atoms with van der Waals surface area (Å²) in [7, 11) is 1.43. The Morgan fingerprint density at radius 2 is 1.66 bits per heavy atom. The van der Waals surface area contributed by atoms with Crippen LogP contribution in [0.1, 0.15) is 29.2 Å². The minimum Gasteiger partial charge on any atom is -0.496 e. The topological polar surface area (TPSA) is 66.8 Å². The lowest BCUT2D eigenvalue weighted by Crippen LogP contribution is -2.30. The molecule has 0 aliphatic heterocycles. The van der Waals surface area contributed by atoms with E-state index in [4.69, 9.17) is 9.84 Å². The fraction of sp³-hybridized carbons (Fsp3) is 0.259. The fourth-order valence-corrected chi connectivity index (χ4v) is 3.88. The van der Waals surface area contributed by atoms with Gasteiger partial charge < -0.3 is 14.7 Å². The molecule has 0 saturated heterocycles. The van der Waals surface area contributed by atoms with E-state index < -0.39 is 17.7 Å². The van der Waals surface area contributed by atoms with Gasteiger partial charge in [0.15, 0.2) is 0 Å². The second kappa shape index (κ2) is 11.1. The van der Waals surface area contributed by atoms with Gasteiger partial charge in [0, 0.05) is 25.6 Å². The summed E-state index contributed by atoms with van der Waals surface area (Å²) in [6.07, 6.45) is -4.26. The highest BCUT2D eigenvalue weighted by molar-refractivity contribution is 5.78. The molecule has 0 aliphatic carbocycles. The van der Waals surface area contributed by atoms with Crippen LogP contribution in [0.25, 0.3) is 11.1 Å². The van der Waals surface area contributed by atoms with Gasteiger partial charge in [0.1, 0.15) is 5.75 Å². The van der Waals surface area contributed by atoms with Crippen LogP contribution in [0, 0.1) is 0 Å². The molecule has 0 radical (unpaired) electrons. The van der Waals surface area contributed by atoms with Crippen molar-refractivity contribution < 1.29 is 32.6 Å². The number of rotatable bonds is 9. The molecule has 0 spiro atoms. The summed E-state index contributed by atoms with van der Waals surface area (Å²) in [6, 6.07) is 17.6. The van der Waals surface area contributed by atoms with Crippen LogP contribution in [0.15, 0.2) is 66.7 Å². The third kappa shape index (κ3) is 6.85. The number of aliphatic carboxylic acids is 1. The Balaban J connectivity index is 2.05. The summed E-state index contributed by atoms with van der Waals surface area (Å²) < 4.78 is 46.1. The molecule has 0 saturated carbocycles. The first kappa shape index (κ1) is 25.8. The summed E-state index contributed by atoms with van der Waals surface area (Å²) in [6.45, 7) is 1.66. The first-order valence-electron chi connectivity index (χ1n) is 11.0. The number of carbonyl (C=O) groups is 2. The fourth-order valence-electron chi connectivity index (χ4n) is 3.88. The number of methoxy groups -OCH3 is 1. The van der Waals surface area contributed by atoms with Gasteiger partial charge in [-0.25, -0.2) is 0 Å². The summed E-state index contributed by atoms with van der Waals surface area (Å²) in [4.78, 5) is 25.1. The van der Waals surface area contributed by atoms with Crippen molar-refractivity contribution in [3.05, 3.63) is 89.0 Å². The highest BCUT2D eigenvalue weighted by atomic mass is 19.4.